The van der Waals surface area contributed by atoms with E-state index < -0.39 is 0 Å². The normalized spacial score (nSPS) is 16.7. The third kappa shape index (κ3) is 5.46. The summed E-state index contributed by atoms with van der Waals surface area (Å²) in [6, 6.07) is 7.10. The van der Waals surface area contributed by atoms with E-state index in [1.54, 1.807) is 6.92 Å². The molecule has 1 fully saturated rings. The molecule has 1 saturated heterocycles. The third-order valence-corrected chi connectivity index (χ3v) is 6.19. The predicted molar refractivity (Wildman–Crippen MR) is 121 cm³/mol. The number of aromatic nitrogens is 1. The number of nitrogens with zero attached hydrogens (tertiary/aromatic N) is 3. The molecule has 0 saturated carbocycles. The van der Waals surface area contributed by atoms with Crippen LogP contribution in [0.5, 0.6) is 5.88 Å². The Morgan fingerprint density at radius 1 is 1.16 bits per heavy atom. The van der Waals surface area contributed by atoms with E-state index in [4.69, 9.17) is 16.3 Å². The Morgan fingerprint density at radius 3 is 2.77 bits per heavy atom. The van der Waals surface area contributed by atoms with Crippen LogP contribution in [-0.4, -0.2) is 55.1 Å². The van der Waals surface area contributed by atoms with E-state index in [-0.39, 0.29) is 11.7 Å². The van der Waals surface area contributed by atoms with Gasteiger partial charge in [-0.1, -0.05) is 11.6 Å². The number of carbonyl (C=O) groups is 1. The van der Waals surface area contributed by atoms with E-state index in [1.165, 1.54) is 6.07 Å². The predicted octanol–water partition coefficient (Wildman–Crippen LogP) is 4.05. The van der Waals surface area contributed by atoms with Gasteiger partial charge in [0.05, 0.1) is 17.3 Å². The first-order valence-corrected chi connectivity index (χ1v) is 11.2. The van der Waals surface area contributed by atoms with Crippen LogP contribution in [0.15, 0.2) is 24.3 Å². The molecule has 0 atom stereocenters. The van der Waals surface area contributed by atoms with Crippen LogP contribution in [0, 0.1) is 12.7 Å². The number of amides is 1. The quantitative estimate of drug-likeness (QED) is 0.650. The topological polar surface area (TPSA) is 57.7 Å². The van der Waals surface area contributed by atoms with E-state index in [0.717, 1.165) is 63.2 Å². The Bertz CT molecular complexity index is 947. The zero-order chi connectivity index (χ0) is 21.8. The maximum absolute atomic E-state index is 13.6. The van der Waals surface area contributed by atoms with Crippen molar-refractivity contribution in [3.8, 4) is 5.88 Å². The van der Waals surface area contributed by atoms with E-state index in [0.29, 0.717) is 35.3 Å². The number of hydrogen-bond donors (Lipinski definition) is 1. The number of fused-ring (bicyclic) bond motifs is 1. The van der Waals surface area contributed by atoms with Crippen molar-refractivity contribution in [3.63, 3.8) is 0 Å². The van der Waals surface area contributed by atoms with Gasteiger partial charge in [-0.2, -0.15) is 4.98 Å². The van der Waals surface area contributed by atoms with Crippen molar-refractivity contribution in [2.75, 3.05) is 49.5 Å². The number of pyridine rings is 1. The summed E-state index contributed by atoms with van der Waals surface area (Å²) in [6.07, 6.45) is 3.22. The number of hydrogen-bond acceptors (Lipinski definition) is 5. The summed E-state index contributed by atoms with van der Waals surface area (Å²) in [5, 5.41) is 3.28. The largest absolute Gasteiger partial charge is 0.478 e. The van der Waals surface area contributed by atoms with Gasteiger partial charge in [0.25, 0.3) is 0 Å². The Kier molecular flexibility index (Phi) is 6.92. The molecule has 2 aliphatic rings. The smallest absolute Gasteiger partial charge is 0.225 e. The first kappa shape index (κ1) is 21.8. The molecule has 0 unspecified atom stereocenters. The minimum Gasteiger partial charge on any atom is -0.478 e. The lowest BCUT2D eigenvalue weighted by molar-refractivity contribution is -0.116. The highest BCUT2D eigenvalue weighted by atomic mass is 35.5. The summed E-state index contributed by atoms with van der Waals surface area (Å²) in [4.78, 5) is 20.6. The first-order valence-electron chi connectivity index (χ1n) is 10.8. The number of rotatable bonds is 7. The van der Waals surface area contributed by atoms with Crippen LogP contribution >= 0.6 is 11.6 Å². The minimum absolute atomic E-state index is 0.00841. The molecule has 1 aromatic heterocycles. The highest BCUT2D eigenvalue weighted by molar-refractivity contribution is 6.33. The molecule has 0 aliphatic carbocycles. The molecular weight excluding hydrogens is 419 g/mol. The van der Waals surface area contributed by atoms with Crippen LogP contribution < -0.4 is 15.0 Å². The number of anilines is 2. The van der Waals surface area contributed by atoms with Crippen LogP contribution in [-0.2, 0) is 11.2 Å². The monoisotopic (exact) mass is 446 g/mol. The SMILES string of the molecule is Cc1cc(N2CCN(CCCCOc3ccc4c(n3)NC(=O)CC4)CC2)c(Cl)cc1F. The molecule has 0 radical (unpaired) electrons. The lowest BCUT2D eigenvalue weighted by Crippen LogP contribution is -2.46. The van der Waals surface area contributed by atoms with Gasteiger partial charge in [-0.25, -0.2) is 4.39 Å². The number of ether oxygens (including phenoxy) is 1. The van der Waals surface area contributed by atoms with Gasteiger partial charge in [0.1, 0.15) is 11.6 Å². The number of unbranched alkanes of at least 4 members (excludes halogenated alkanes) is 1. The fraction of sp³-hybridized carbons (Fsp3) is 0.478. The van der Waals surface area contributed by atoms with Crippen LogP contribution in [0.4, 0.5) is 15.9 Å². The van der Waals surface area contributed by atoms with Crippen molar-refractivity contribution in [2.24, 2.45) is 0 Å². The van der Waals surface area contributed by atoms with Crippen molar-refractivity contribution in [1.29, 1.82) is 0 Å². The number of aryl methyl sites for hydroxylation is 2. The Hall–Kier alpha value is -2.38. The number of benzene rings is 1. The molecule has 2 aromatic rings. The molecule has 0 bridgehead atoms. The molecule has 8 heteroatoms. The highest BCUT2D eigenvalue weighted by Gasteiger charge is 2.20. The summed E-state index contributed by atoms with van der Waals surface area (Å²) in [5.41, 5.74) is 2.60. The zero-order valence-electron chi connectivity index (χ0n) is 17.8. The van der Waals surface area contributed by atoms with E-state index in [9.17, 15) is 9.18 Å². The van der Waals surface area contributed by atoms with Gasteiger partial charge < -0.3 is 15.0 Å². The summed E-state index contributed by atoms with van der Waals surface area (Å²) < 4.78 is 19.4. The molecule has 6 nitrogen and oxygen atoms in total. The van der Waals surface area contributed by atoms with Crippen molar-refractivity contribution in [2.45, 2.75) is 32.6 Å². The second-order valence-corrected chi connectivity index (χ2v) is 8.55. The zero-order valence-corrected chi connectivity index (χ0v) is 18.6. The van der Waals surface area contributed by atoms with Crippen molar-refractivity contribution < 1.29 is 13.9 Å². The van der Waals surface area contributed by atoms with E-state index >= 15 is 0 Å². The maximum Gasteiger partial charge on any atom is 0.225 e. The van der Waals surface area contributed by atoms with Gasteiger partial charge in [-0.3, -0.25) is 9.69 Å². The number of nitrogens with one attached hydrogen (secondary N) is 1. The van der Waals surface area contributed by atoms with Gasteiger partial charge in [-0.15, -0.1) is 0 Å². The second kappa shape index (κ2) is 9.83. The lowest BCUT2D eigenvalue weighted by Gasteiger charge is -2.36. The average Bonchev–Trinajstić information content (AvgIpc) is 2.76. The van der Waals surface area contributed by atoms with Crippen LogP contribution in [0.1, 0.15) is 30.4 Å². The van der Waals surface area contributed by atoms with Gasteiger partial charge in [-0.05, 0) is 62.1 Å². The van der Waals surface area contributed by atoms with E-state index in [2.05, 4.69) is 20.1 Å². The van der Waals surface area contributed by atoms with Crippen LogP contribution in [0.3, 0.4) is 0 Å². The summed E-state index contributed by atoms with van der Waals surface area (Å²) in [5.74, 6) is 0.933. The lowest BCUT2D eigenvalue weighted by atomic mass is 10.1. The highest BCUT2D eigenvalue weighted by Crippen LogP contribution is 2.29. The van der Waals surface area contributed by atoms with E-state index in [1.807, 2.05) is 18.2 Å². The fourth-order valence-corrected chi connectivity index (χ4v) is 4.28. The summed E-state index contributed by atoms with van der Waals surface area (Å²) in [6.45, 7) is 7.06. The van der Waals surface area contributed by atoms with Gasteiger partial charge in [0.15, 0.2) is 0 Å². The maximum atomic E-state index is 13.6. The van der Waals surface area contributed by atoms with Crippen LogP contribution in [0.25, 0.3) is 0 Å². The second-order valence-electron chi connectivity index (χ2n) is 8.14. The first-order chi connectivity index (χ1) is 15.0. The third-order valence-electron chi connectivity index (χ3n) is 5.89. The summed E-state index contributed by atoms with van der Waals surface area (Å²) >= 11 is 6.25. The van der Waals surface area contributed by atoms with Crippen molar-refractivity contribution >= 4 is 29.0 Å². The Balaban J connectivity index is 1.16. The molecule has 4 rings (SSSR count). The Morgan fingerprint density at radius 2 is 1.97 bits per heavy atom. The average molecular weight is 447 g/mol. The molecule has 1 aromatic carbocycles. The number of halogens is 2. The van der Waals surface area contributed by atoms with Crippen molar-refractivity contribution in [3.05, 3.63) is 46.2 Å². The molecular formula is C23H28ClFN4O2. The molecule has 3 heterocycles. The van der Waals surface area contributed by atoms with Gasteiger partial charge in [0.2, 0.25) is 11.8 Å². The van der Waals surface area contributed by atoms with Crippen LogP contribution in [0.2, 0.25) is 5.02 Å². The molecule has 166 valence electrons. The van der Waals surface area contributed by atoms with Crippen molar-refractivity contribution in [1.82, 2.24) is 9.88 Å². The molecule has 0 spiro atoms. The standard InChI is InChI=1S/C23H28ClFN4O2/c1-16-14-20(18(24)15-19(16)25)29-11-9-28(10-12-29)8-2-3-13-31-22-7-5-17-4-6-21(30)26-23(17)27-22/h5,7,14-15H,2-4,6,8-13H2,1H3,(H,26,27,30). The summed E-state index contributed by atoms with van der Waals surface area (Å²) in [7, 11) is 0. The number of piperazine rings is 1. The van der Waals surface area contributed by atoms with Gasteiger partial charge >= 0.3 is 0 Å². The fourth-order valence-electron chi connectivity index (χ4n) is 4.01. The molecule has 1 amide bonds. The number of carbonyl (C=O) groups excluding carboxylic acids is 1. The minimum atomic E-state index is -0.259. The Labute approximate surface area is 187 Å². The molecule has 31 heavy (non-hydrogen) atoms. The molecule has 1 N–H and O–H groups in total. The molecule has 2 aliphatic heterocycles. The van der Waals surface area contributed by atoms with Gasteiger partial charge in [0, 0.05) is 38.7 Å².